The van der Waals surface area contributed by atoms with Gasteiger partial charge in [-0.25, -0.2) is 4.79 Å². The SMILES string of the molecule is CC(=O)c1cc(N)ccc1OCc1ccc(C(=O)O)cc1. The molecule has 21 heavy (non-hydrogen) atoms. The number of carboxylic acids is 1. The number of aromatic carboxylic acids is 1. The van der Waals surface area contributed by atoms with Crippen LogP contribution in [0.2, 0.25) is 0 Å². The van der Waals surface area contributed by atoms with E-state index in [1.54, 1.807) is 30.3 Å². The van der Waals surface area contributed by atoms with Gasteiger partial charge in [-0.2, -0.15) is 0 Å². The summed E-state index contributed by atoms with van der Waals surface area (Å²) in [7, 11) is 0. The molecule has 0 saturated heterocycles. The van der Waals surface area contributed by atoms with E-state index in [9.17, 15) is 9.59 Å². The van der Waals surface area contributed by atoms with E-state index in [0.29, 0.717) is 17.0 Å². The van der Waals surface area contributed by atoms with Gasteiger partial charge in [0, 0.05) is 5.69 Å². The van der Waals surface area contributed by atoms with Crippen LogP contribution in [-0.2, 0) is 6.61 Å². The highest BCUT2D eigenvalue weighted by Gasteiger charge is 2.09. The molecule has 3 N–H and O–H groups in total. The molecule has 0 spiro atoms. The lowest BCUT2D eigenvalue weighted by Gasteiger charge is -2.10. The highest BCUT2D eigenvalue weighted by atomic mass is 16.5. The number of ketones is 1. The number of rotatable bonds is 5. The molecule has 2 aromatic carbocycles. The van der Waals surface area contributed by atoms with Crippen molar-refractivity contribution in [2.75, 3.05) is 5.73 Å². The van der Waals surface area contributed by atoms with Crippen molar-refractivity contribution in [3.05, 3.63) is 59.2 Å². The van der Waals surface area contributed by atoms with Crippen LogP contribution in [0.5, 0.6) is 5.75 Å². The summed E-state index contributed by atoms with van der Waals surface area (Å²) in [5, 5.41) is 8.83. The Morgan fingerprint density at radius 2 is 1.81 bits per heavy atom. The number of ether oxygens (including phenoxy) is 1. The van der Waals surface area contributed by atoms with E-state index in [-0.39, 0.29) is 18.0 Å². The second-order valence-corrected chi connectivity index (χ2v) is 4.60. The monoisotopic (exact) mass is 285 g/mol. The summed E-state index contributed by atoms with van der Waals surface area (Å²) < 4.78 is 5.62. The Hall–Kier alpha value is -2.82. The van der Waals surface area contributed by atoms with E-state index in [2.05, 4.69) is 0 Å². The number of hydrogen-bond acceptors (Lipinski definition) is 4. The summed E-state index contributed by atoms with van der Waals surface area (Å²) in [6, 6.07) is 11.3. The van der Waals surface area contributed by atoms with Crippen LogP contribution in [-0.4, -0.2) is 16.9 Å². The number of hydrogen-bond donors (Lipinski definition) is 2. The number of benzene rings is 2. The van der Waals surface area contributed by atoms with Gasteiger partial charge in [0.25, 0.3) is 0 Å². The predicted molar refractivity (Wildman–Crippen MR) is 78.6 cm³/mol. The van der Waals surface area contributed by atoms with Gasteiger partial charge in [0.15, 0.2) is 5.78 Å². The van der Waals surface area contributed by atoms with E-state index in [1.165, 1.54) is 19.1 Å². The molecule has 2 rings (SSSR count). The Kier molecular flexibility index (Phi) is 4.23. The third-order valence-corrected chi connectivity index (χ3v) is 2.98. The van der Waals surface area contributed by atoms with Crippen LogP contribution < -0.4 is 10.5 Å². The Morgan fingerprint density at radius 1 is 1.14 bits per heavy atom. The minimum Gasteiger partial charge on any atom is -0.488 e. The third kappa shape index (κ3) is 3.60. The summed E-state index contributed by atoms with van der Waals surface area (Å²) in [5.41, 5.74) is 7.61. The number of carboxylic acid groups (broad SMARTS) is 1. The van der Waals surface area contributed by atoms with Gasteiger partial charge in [0.05, 0.1) is 11.1 Å². The number of carbonyl (C=O) groups is 2. The highest BCUT2D eigenvalue weighted by Crippen LogP contribution is 2.23. The Labute approximate surface area is 122 Å². The normalized spacial score (nSPS) is 10.1. The lowest BCUT2D eigenvalue weighted by atomic mass is 10.1. The third-order valence-electron chi connectivity index (χ3n) is 2.98. The van der Waals surface area contributed by atoms with Crippen molar-refractivity contribution in [1.29, 1.82) is 0 Å². The number of nitrogens with two attached hydrogens (primary N) is 1. The van der Waals surface area contributed by atoms with Gasteiger partial charge in [0.2, 0.25) is 0 Å². The smallest absolute Gasteiger partial charge is 0.335 e. The molecule has 0 bridgehead atoms. The van der Waals surface area contributed by atoms with Gasteiger partial charge < -0.3 is 15.6 Å². The fraction of sp³-hybridized carbons (Fsp3) is 0.125. The predicted octanol–water partition coefficient (Wildman–Crippen LogP) is 2.75. The molecular formula is C16H15NO4. The molecule has 0 aliphatic heterocycles. The van der Waals surface area contributed by atoms with Gasteiger partial charge in [-0.1, -0.05) is 12.1 Å². The average molecular weight is 285 g/mol. The van der Waals surface area contributed by atoms with Gasteiger partial charge in [0.1, 0.15) is 12.4 Å². The molecular weight excluding hydrogens is 270 g/mol. The van der Waals surface area contributed by atoms with Crippen LogP contribution in [0.1, 0.15) is 33.2 Å². The molecule has 108 valence electrons. The molecule has 0 radical (unpaired) electrons. The molecule has 0 unspecified atom stereocenters. The van der Waals surface area contributed by atoms with Gasteiger partial charge in [-0.15, -0.1) is 0 Å². The maximum Gasteiger partial charge on any atom is 0.335 e. The molecule has 2 aromatic rings. The summed E-state index contributed by atoms with van der Waals surface area (Å²) in [4.78, 5) is 22.3. The summed E-state index contributed by atoms with van der Waals surface area (Å²) >= 11 is 0. The van der Waals surface area contributed by atoms with Crippen molar-refractivity contribution in [2.45, 2.75) is 13.5 Å². The maximum atomic E-state index is 11.5. The quantitative estimate of drug-likeness (QED) is 0.651. The number of anilines is 1. The standard InChI is InChI=1S/C16H15NO4/c1-10(18)14-8-13(17)6-7-15(14)21-9-11-2-4-12(5-3-11)16(19)20/h2-8H,9,17H2,1H3,(H,19,20). The second-order valence-electron chi connectivity index (χ2n) is 4.60. The minimum absolute atomic E-state index is 0.126. The lowest BCUT2D eigenvalue weighted by molar-refractivity contribution is 0.0696. The minimum atomic E-state index is -0.972. The van der Waals surface area contributed by atoms with E-state index in [1.807, 2.05) is 0 Å². The average Bonchev–Trinajstić information content (AvgIpc) is 2.46. The van der Waals surface area contributed by atoms with E-state index < -0.39 is 5.97 Å². The second kappa shape index (κ2) is 6.09. The fourth-order valence-electron chi connectivity index (χ4n) is 1.85. The zero-order chi connectivity index (χ0) is 15.4. The summed E-state index contributed by atoms with van der Waals surface area (Å²) in [6.07, 6.45) is 0. The van der Waals surface area contributed by atoms with E-state index >= 15 is 0 Å². The number of nitrogen functional groups attached to an aromatic ring is 1. The Bertz CT molecular complexity index is 677. The van der Waals surface area contributed by atoms with Crippen molar-refractivity contribution >= 4 is 17.4 Å². The van der Waals surface area contributed by atoms with Crippen LogP contribution in [0.15, 0.2) is 42.5 Å². The van der Waals surface area contributed by atoms with Crippen LogP contribution in [0.4, 0.5) is 5.69 Å². The summed E-state index contributed by atoms with van der Waals surface area (Å²) in [6.45, 7) is 1.69. The molecule has 0 amide bonds. The van der Waals surface area contributed by atoms with Crippen LogP contribution in [0.25, 0.3) is 0 Å². The molecule has 0 atom stereocenters. The van der Waals surface area contributed by atoms with Gasteiger partial charge in [-0.3, -0.25) is 4.79 Å². The molecule has 0 fully saturated rings. The molecule has 0 saturated carbocycles. The first-order valence-corrected chi connectivity index (χ1v) is 6.33. The van der Waals surface area contributed by atoms with Gasteiger partial charge in [-0.05, 0) is 42.8 Å². The van der Waals surface area contributed by atoms with Crippen LogP contribution in [0.3, 0.4) is 0 Å². The first-order chi connectivity index (χ1) is 9.97. The highest BCUT2D eigenvalue weighted by molar-refractivity contribution is 5.97. The first-order valence-electron chi connectivity index (χ1n) is 6.33. The van der Waals surface area contributed by atoms with Crippen molar-refractivity contribution in [3.8, 4) is 5.75 Å². The molecule has 0 aliphatic carbocycles. The molecule has 0 heterocycles. The van der Waals surface area contributed by atoms with Crippen molar-refractivity contribution in [2.24, 2.45) is 0 Å². The van der Waals surface area contributed by atoms with E-state index in [0.717, 1.165) is 5.56 Å². The lowest BCUT2D eigenvalue weighted by Crippen LogP contribution is -2.03. The zero-order valence-electron chi connectivity index (χ0n) is 11.5. The van der Waals surface area contributed by atoms with Crippen molar-refractivity contribution in [1.82, 2.24) is 0 Å². The van der Waals surface area contributed by atoms with Gasteiger partial charge >= 0.3 is 5.97 Å². The number of Topliss-reactive ketones (excluding diaryl/α,β-unsaturated/α-hetero) is 1. The summed E-state index contributed by atoms with van der Waals surface area (Å²) in [5.74, 6) is -0.641. The molecule has 5 heteroatoms. The zero-order valence-corrected chi connectivity index (χ0v) is 11.5. The molecule has 0 aliphatic rings. The topological polar surface area (TPSA) is 89.6 Å². The Balaban J connectivity index is 2.13. The van der Waals surface area contributed by atoms with Crippen molar-refractivity contribution < 1.29 is 19.4 Å². The largest absolute Gasteiger partial charge is 0.488 e. The van der Waals surface area contributed by atoms with Crippen LogP contribution >= 0.6 is 0 Å². The number of carbonyl (C=O) groups excluding carboxylic acids is 1. The Morgan fingerprint density at radius 3 is 2.38 bits per heavy atom. The maximum absolute atomic E-state index is 11.5. The van der Waals surface area contributed by atoms with Crippen LogP contribution in [0, 0.1) is 0 Å². The van der Waals surface area contributed by atoms with E-state index in [4.69, 9.17) is 15.6 Å². The first kappa shape index (κ1) is 14.6. The van der Waals surface area contributed by atoms with Crippen molar-refractivity contribution in [3.63, 3.8) is 0 Å². The molecule has 5 nitrogen and oxygen atoms in total. The molecule has 0 aromatic heterocycles. The fourth-order valence-corrected chi connectivity index (χ4v) is 1.85.